The fraction of sp³-hybridized carbons (Fsp3) is 0.917. The van der Waals surface area contributed by atoms with Gasteiger partial charge in [0.1, 0.15) is 0 Å². The number of nitrogens with two attached hydrogens (primary N) is 1. The zero-order valence-corrected chi connectivity index (χ0v) is 12.6. The highest BCUT2D eigenvalue weighted by atomic mass is 32.2. The van der Waals surface area contributed by atoms with E-state index >= 15 is 0 Å². The van der Waals surface area contributed by atoms with Gasteiger partial charge in [0.15, 0.2) is 0 Å². The number of hydrogen-bond acceptors (Lipinski definition) is 4. The first-order chi connectivity index (χ1) is 9.45. The average Bonchev–Trinajstić information content (AvgIpc) is 2.38. The summed E-state index contributed by atoms with van der Waals surface area (Å²) < 4.78 is 25.7. The first-order valence-corrected chi connectivity index (χ1v) is 8.74. The third kappa shape index (κ3) is 6.06. The highest BCUT2D eigenvalue weighted by molar-refractivity contribution is 7.89. The molecule has 0 unspecified atom stereocenters. The van der Waals surface area contributed by atoms with E-state index in [9.17, 15) is 13.2 Å². The molecule has 1 fully saturated rings. The lowest BCUT2D eigenvalue weighted by Crippen LogP contribution is -2.46. The molecule has 1 aliphatic rings. The van der Waals surface area contributed by atoms with Crippen LogP contribution in [-0.4, -0.2) is 55.4 Å². The van der Waals surface area contributed by atoms with Crippen LogP contribution in [0.25, 0.3) is 0 Å². The molecule has 0 aliphatic carbocycles. The summed E-state index contributed by atoms with van der Waals surface area (Å²) in [6.45, 7) is 1.45. The SMILES string of the molecule is NCCCCCCS(=O)(=O)N1CCC(NC(=O)O)CC1. The van der Waals surface area contributed by atoms with Gasteiger partial charge in [0.2, 0.25) is 10.0 Å². The van der Waals surface area contributed by atoms with E-state index in [2.05, 4.69) is 5.32 Å². The molecule has 1 saturated heterocycles. The van der Waals surface area contributed by atoms with Crippen molar-refractivity contribution in [2.45, 2.75) is 44.6 Å². The first-order valence-electron chi connectivity index (χ1n) is 7.13. The Kier molecular flexibility index (Phi) is 7.25. The highest BCUT2D eigenvalue weighted by Gasteiger charge is 2.28. The van der Waals surface area contributed by atoms with E-state index in [1.807, 2.05) is 0 Å². The van der Waals surface area contributed by atoms with Gasteiger partial charge < -0.3 is 16.2 Å². The molecule has 20 heavy (non-hydrogen) atoms. The van der Waals surface area contributed by atoms with Crippen LogP contribution in [0.3, 0.4) is 0 Å². The Hall–Kier alpha value is -0.860. The molecule has 0 aromatic rings. The van der Waals surface area contributed by atoms with Gasteiger partial charge in [0.25, 0.3) is 0 Å². The predicted octanol–water partition coefficient (Wildman–Crippen LogP) is 0.567. The van der Waals surface area contributed by atoms with Crippen molar-refractivity contribution < 1.29 is 18.3 Å². The van der Waals surface area contributed by atoms with Crippen molar-refractivity contribution in [3.63, 3.8) is 0 Å². The molecule has 1 heterocycles. The summed E-state index contributed by atoms with van der Waals surface area (Å²) in [6.07, 6.45) is 3.48. The predicted molar refractivity (Wildman–Crippen MR) is 77.1 cm³/mol. The minimum absolute atomic E-state index is 0.136. The Bertz CT molecular complexity index is 392. The average molecular weight is 307 g/mol. The fourth-order valence-corrected chi connectivity index (χ4v) is 3.96. The number of nitrogens with one attached hydrogen (secondary N) is 1. The number of rotatable bonds is 8. The van der Waals surface area contributed by atoms with Crippen LogP contribution in [0.5, 0.6) is 0 Å². The van der Waals surface area contributed by atoms with Crippen LogP contribution >= 0.6 is 0 Å². The van der Waals surface area contributed by atoms with Crippen LogP contribution in [-0.2, 0) is 10.0 Å². The standard InChI is InChI=1S/C12H25N3O4S/c13-7-3-1-2-4-10-20(18,19)15-8-5-11(6-9-15)14-12(16)17/h11,14H,1-10,13H2,(H,16,17). The van der Waals surface area contributed by atoms with Crippen LogP contribution in [0.2, 0.25) is 0 Å². The summed E-state index contributed by atoms with van der Waals surface area (Å²) in [7, 11) is -3.20. The Labute approximate surface area is 120 Å². The summed E-state index contributed by atoms with van der Waals surface area (Å²) >= 11 is 0. The molecule has 1 amide bonds. The number of piperidine rings is 1. The largest absolute Gasteiger partial charge is 0.465 e. The van der Waals surface area contributed by atoms with Crippen LogP contribution in [0.1, 0.15) is 38.5 Å². The molecule has 118 valence electrons. The number of hydrogen-bond donors (Lipinski definition) is 3. The van der Waals surface area contributed by atoms with Crippen molar-refractivity contribution in [2.24, 2.45) is 5.73 Å². The zero-order valence-electron chi connectivity index (χ0n) is 11.8. The smallest absolute Gasteiger partial charge is 0.404 e. The fourth-order valence-electron chi connectivity index (χ4n) is 2.36. The van der Waals surface area contributed by atoms with Crippen molar-refractivity contribution in [3.8, 4) is 0 Å². The van der Waals surface area contributed by atoms with Gasteiger partial charge in [-0.05, 0) is 32.2 Å². The summed E-state index contributed by atoms with van der Waals surface area (Å²) in [5, 5.41) is 11.0. The van der Waals surface area contributed by atoms with Gasteiger partial charge >= 0.3 is 6.09 Å². The summed E-state index contributed by atoms with van der Waals surface area (Å²) in [6, 6.07) is -0.136. The van der Waals surface area contributed by atoms with Crippen LogP contribution in [0.4, 0.5) is 4.79 Å². The topological polar surface area (TPSA) is 113 Å². The van der Waals surface area contributed by atoms with Gasteiger partial charge in [-0.3, -0.25) is 0 Å². The quantitative estimate of drug-likeness (QED) is 0.567. The van der Waals surface area contributed by atoms with Gasteiger partial charge in [-0.1, -0.05) is 12.8 Å². The van der Waals surface area contributed by atoms with E-state index in [4.69, 9.17) is 10.8 Å². The van der Waals surface area contributed by atoms with E-state index < -0.39 is 16.1 Å². The maximum atomic E-state index is 12.1. The normalized spacial score (nSPS) is 18.1. The zero-order chi connectivity index (χ0) is 15.0. The minimum Gasteiger partial charge on any atom is -0.465 e. The number of carboxylic acid groups (broad SMARTS) is 1. The maximum absolute atomic E-state index is 12.1. The number of amides is 1. The third-order valence-corrected chi connectivity index (χ3v) is 5.49. The Morgan fingerprint density at radius 3 is 2.35 bits per heavy atom. The van der Waals surface area contributed by atoms with Gasteiger partial charge in [-0.15, -0.1) is 0 Å². The van der Waals surface area contributed by atoms with E-state index in [0.29, 0.717) is 38.9 Å². The molecule has 0 atom stereocenters. The lowest BCUT2D eigenvalue weighted by Gasteiger charge is -2.31. The molecule has 7 nitrogen and oxygen atoms in total. The summed E-state index contributed by atoms with van der Waals surface area (Å²) in [4.78, 5) is 10.5. The molecule has 0 spiro atoms. The number of sulfonamides is 1. The monoisotopic (exact) mass is 307 g/mol. The van der Waals surface area contributed by atoms with Crippen molar-refractivity contribution >= 4 is 16.1 Å². The first kappa shape index (κ1) is 17.2. The van der Waals surface area contributed by atoms with Crippen molar-refractivity contribution in [1.29, 1.82) is 0 Å². The summed E-state index contributed by atoms with van der Waals surface area (Å²) in [5.41, 5.74) is 5.39. The molecule has 8 heteroatoms. The van der Waals surface area contributed by atoms with Gasteiger partial charge in [-0.25, -0.2) is 17.5 Å². The molecule has 0 saturated carbocycles. The van der Waals surface area contributed by atoms with E-state index in [1.54, 1.807) is 0 Å². The molecule has 4 N–H and O–H groups in total. The lowest BCUT2D eigenvalue weighted by atomic mass is 10.1. The number of unbranched alkanes of at least 4 members (excludes halogenated alkanes) is 3. The lowest BCUT2D eigenvalue weighted by molar-refractivity contribution is 0.183. The molecular weight excluding hydrogens is 282 g/mol. The van der Waals surface area contributed by atoms with Gasteiger partial charge in [-0.2, -0.15) is 0 Å². The van der Waals surface area contributed by atoms with Crippen molar-refractivity contribution in [1.82, 2.24) is 9.62 Å². The summed E-state index contributed by atoms with van der Waals surface area (Å²) in [5.74, 6) is 0.175. The molecule has 0 radical (unpaired) electrons. The maximum Gasteiger partial charge on any atom is 0.404 e. The van der Waals surface area contributed by atoms with Gasteiger partial charge in [0, 0.05) is 19.1 Å². The van der Waals surface area contributed by atoms with Crippen molar-refractivity contribution in [3.05, 3.63) is 0 Å². The molecular formula is C12H25N3O4S. The minimum atomic E-state index is -3.20. The van der Waals surface area contributed by atoms with Gasteiger partial charge in [0.05, 0.1) is 5.75 Å². The molecule has 1 aliphatic heterocycles. The second-order valence-electron chi connectivity index (χ2n) is 5.14. The molecule has 1 rings (SSSR count). The highest BCUT2D eigenvalue weighted by Crippen LogP contribution is 2.16. The van der Waals surface area contributed by atoms with E-state index in [0.717, 1.165) is 19.3 Å². The second-order valence-corrected chi connectivity index (χ2v) is 7.23. The van der Waals surface area contributed by atoms with Crippen LogP contribution in [0.15, 0.2) is 0 Å². The number of nitrogens with zero attached hydrogens (tertiary/aromatic N) is 1. The Balaban J connectivity index is 2.29. The Morgan fingerprint density at radius 2 is 1.80 bits per heavy atom. The molecule has 0 aromatic carbocycles. The molecule has 0 bridgehead atoms. The Morgan fingerprint density at radius 1 is 1.20 bits per heavy atom. The van der Waals surface area contributed by atoms with Crippen molar-refractivity contribution in [2.75, 3.05) is 25.4 Å². The van der Waals surface area contributed by atoms with Crippen LogP contribution in [0, 0.1) is 0 Å². The number of carbonyl (C=O) groups is 1. The second kappa shape index (κ2) is 8.43. The van der Waals surface area contributed by atoms with Crippen LogP contribution < -0.4 is 11.1 Å². The molecule has 0 aromatic heterocycles. The third-order valence-electron chi connectivity index (χ3n) is 3.53. The van der Waals surface area contributed by atoms with E-state index in [-0.39, 0.29) is 11.8 Å². The van der Waals surface area contributed by atoms with E-state index in [1.165, 1.54) is 4.31 Å².